The van der Waals surface area contributed by atoms with Gasteiger partial charge < -0.3 is 30.6 Å². The van der Waals surface area contributed by atoms with E-state index in [9.17, 15) is 9.59 Å². The topological polar surface area (TPSA) is 125 Å². The zero-order chi connectivity index (χ0) is 27.2. The molecule has 0 saturated carbocycles. The first-order chi connectivity index (χ1) is 17.6. The number of alkyl carbamates (subject to hydrolysis) is 1. The Kier molecular flexibility index (Phi) is 8.81. The van der Waals surface area contributed by atoms with E-state index in [1.54, 1.807) is 6.07 Å². The van der Waals surface area contributed by atoms with Gasteiger partial charge in [0.25, 0.3) is 5.91 Å². The van der Waals surface area contributed by atoms with E-state index in [0.717, 1.165) is 16.8 Å². The lowest BCUT2D eigenvalue weighted by Crippen LogP contribution is -2.32. The molecule has 2 aromatic carbocycles. The summed E-state index contributed by atoms with van der Waals surface area (Å²) >= 11 is 0. The van der Waals surface area contributed by atoms with Crippen LogP contribution in [0.15, 0.2) is 36.5 Å². The minimum atomic E-state index is -0.607. The second-order valence-corrected chi connectivity index (χ2v) is 9.37. The molecule has 9 nitrogen and oxygen atoms in total. The molecule has 1 aromatic heterocycles. The van der Waals surface area contributed by atoms with E-state index >= 15 is 0 Å². The smallest absolute Gasteiger partial charge is 0.407 e. The monoisotopic (exact) mass is 508 g/mol. The molecular formula is C28H36N4O5. The number of fused-ring (bicyclic) bond motifs is 1. The van der Waals surface area contributed by atoms with E-state index in [4.69, 9.17) is 19.9 Å². The third-order valence-corrected chi connectivity index (χ3v) is 5.51. The van der Waals surface area contributed by atoms with Crippen molar-refractivity contribution in [2.75, 3.05) is 18.5 Å². The fourth-order valence-corrected chi connectivity index (χ4v) is 4.01. The van der Waals surface area contributed by atoms with Crippen LogP contribution >= 0.6 is 0 Å². The summed E-state index contributed by atoms with van der Waals surface area (Å²) in [6.45, 7) is 12.5. The first kappa shape index (κ1) is 27.6. The second-order valence-electron chi connectivity index (χ2n) is 9.37. The van der Waals surface area contributed by atoms with Crippen molar-refractivity contribution in [2.45, 2.75) is 60.1 Å². The summed E-state index contributed by atoms with van der Waals surface area (Å²) < 4.78 is 16.9. The Morgan fingerprint density at radius 1 is 1.03 bits per heavy atom. The molecule has 3 aromatic rings. The van der Waals surface area contributed by atoms with Crippen molar-refractivity contribution in [3.8, 4) is 11.5 Å². The van der Waals surface area contributed by atoms with Crippen LogP contribution in [0.3, 0.4) is 0 Å². The van der Waals surface area contributed by atoms with Gasteiger partial charge in [-0.25, -0.2) is 4.79 Å². The van der Waals surface area contributed by atoms with E-state index < -0.39 is 17.6 Å². The number of anilines is 2. The lowest BCUT2D eigenvalue weighted by atomic mass is 10.0. The predicted molar refractivity (Wildman–Crippen MR) is 145 cm³/mol. The molecule has 1 heterocycles. The zero-order valence-electron chi connectivity index (χ0n) is 22.4. The van der Waals surface area contributed by atoms with E-state index in [1.165, 1.54) is 6.20 Å². The van der Waals surface area contributed by atoms with Gasteiger partial charge in [0.2, 0.25) is 0 Å². The highest BCUT2D eigenvalue weighted by molar-refractivity contribution is 6.08. The number of benzene rings is 2. The summed E-state index contributed by atoms with van der Waals surface area (Å²) in [6.07, 6.45) is 1.66. The molecule has 0 saturated heterocycles. The number of pyridine rings is 1. The van der Waals surface area contributed by atoms with Gasteiger partial charge in [-0.3, -0.25) is 9.78 Å². The van der Waals surface area contributed by atoms with Crippen LogP contribution in [0.5, 0.6) is 11.5 Å². The van der Waals surface area contributed by atoms with Crippen LogP contribution in [0, 0.1) is 0 Å². The molecule has 3 rings (SSSR count). The molecule has 0 aliphatic heterocycles. The number of carbonyl (C=O) groups is 2. The quantitative estimate of drug-likeness (QED) is 0.332. The van der Waals surface area contributed by atoms with Crippen molar-refractivity contribution >= 4 is 34.3 Å². The highest BCUT2D eigenvalue weighted by Gasteiger charge is 2.20. The molecule has 4 N–H and O–H groups in total. The van der Waals surface area contributed by atoms with Crippen LogP contribution in [-0.2, 0) is 17.7 Å². The number of nitrogens with zero attached hydrogens (tertiary/aromatic N) is 1. The fraction of sp³-hybridized carbons (Fsp3) is 0.393. The summed E-state index contributed by atoms with van der Waals surface area (Å²) in [5.41, 5.74) is 9.23. The maximum atomic E-state index is 12.4. The summed E-state index contributed by atoms with van der Waals surface area (Å²) in [5, 5.41) is 6.91. The largest absolute Gasteiger partial charge is 0.490 e. The molecule has 0 aliphatic rings. The molecule has 0 radical (unpaired) electrons. The number of rotatable bonds is 10. The van der Waals surface area contributed by atoms with Crippen molar-refractivity contribution in [2.24, 2.45) is 5.73 Å². The number of nitrogens with two attached hydrogens (primary N) is 1. The minimum absolute atomic E-state index is 0.249. The van der Waals surface area contributed by atoms with Gasteiger partial charge in [-0.2, -0.15) is 0 Å². The number of aromatic nitrogens is 1. The zero-order valence-corrected chi connectivity index (χ0v) is 22.4. The Hall–Kier alpha value is -4.01. The number of amides is 2. The van der Waals surface area contributed by atoms with E-state index in [0.29, 0.717) is 54.3 Å². The third kappa shape index (κ3) is 6.81. The molecule has 0 fully saturated rings. The third-order valence-electron chi connectivity index (χ3n) is 5.51. The highest BCUT2D eigenvalue weighted by atomic mass is 16.6. The molecule has 0 bridgehead atoms. The predicted octanol–water partition coefficient (Wildman–Crippen LogP) is 5.46. The molecule has 0 spiro atoms. The van der Waals surface area contributed by atoms with Gasteiger partial charge in [-0.1, -0.05) is 19.1 Å². The molecule has 0 unspecified atom stereocenters. The van der Waals surface area contributed by atoms with E-state index in [2.05, 4.69) is 15.6 Å². The summed E-state index contributed by atoms with van der Waals surface area (Å²) in [6, 6.07) is 9.36. The summed E-state index contributed by atoms with van der Waals surface area (Å²) in [5.74, 6) is 0.519. The van der Waals surface area contributed by atoms with Crippen LogP contribution in [0.4, 0.5) is 16.2 Å². The average Bonchev–Trinajstić information content (AvgIpc) is 2.82. The molecule has 198 valence electrons. The first-order valence-electron chi connectivity index (χ1n) is 12.4. The molecule has 0 aliphatic carbocycles. The van der Waals surface area contributed by atoms with Crippen LogP contribution in [0.1, 0.15) is 63.0 Å². The normalized spacial score (nSPS) is 11.2. The number of hydrogen-bond donors (Lipinski definition) is 3. The number of nitrogens with one attached hydrogen (secondary N) is 2. The minimum Gasteiger partial charge on any atom is -0.490 e. The van der Waals surface area contributed by atoms with Gasteiger partial charge in [-0.15, -0.1) is 0 Å². The van der Waals surface area contributed by atoms with Crippen molar-refractivity contribution in [1.82, 2.24) is 10.3 Å². The van der Waals surface area contributed by atoms with Crippen molar-refractivity contribution in [3.05, 3.63) is 53.2 Å². The van der Waals surface area contributed by atoms with E-state index in [-0.39, 0.29) is 5.56 Å². The second kappa shape index (κ2) is 11.8. The van der Waals surface area contributed by atoms with Gasteiger partial charge in [0, 0.05) is 29.9 Å². The van der Waals surface area contributed by atoms with Crippen molar-refractivity contribution in [3.63, 3.8) is 0 Å². The van der Waals surface area contributed by atoms with Gasteiger partial charge in [0.05, 0.1) is 30.0 Å². The van der Waals surface area contributed by atoms with Crippen LogP contribution in [-0.4, -0.2) is 35.8 Å². The summed E-state index contributed by atoms with van der Waals surface area (Å²) in [7, 11) is 0. The SMILES string of the molecule is CCOc1cc2ncc(C(N)=O)c(Nc3cccc(CNC(=O)OC(C)(C)C)c3CC)c2cc1OCC. The molecule has 9 heteroatoms. The highest BCUT2D eigenvalue weighted by Crippen LogP contribution is 2.38. The fourth-order valence-electron chi connectivity index (χ4n) is 4.01. The Balaban J connectivity index is 2.06. The number of primary amides is 1. The summed E-state index contributed by atoms with van der Waals surface area (Å²) in [4.78, 5) is 29.0. The molecular weight excluding hydrogens is 472 g/mol. The standard InChI is InChI=1S/C28H36N4O5/c1-7-18-17(15-31-27(34)37-28(4,5)6)11-10-12-21(18)32-25-19-13-23(35-8-2)24(36-9-3)14-22(19)30-16-20(25)26(29)33/h10-14,16H,7-9,15H2,1-6H3,(H2,29,33)(H,30,32)(H,31,34). The van der Waals surface area contributed by atoms with Gasteiger partial charge in [0.1, 0.15) is 5.60 Å². The lowest BCUT2D eigenvalue weighted by molar-refractivity contribution is 0.0523. The molecule has 2 amide bonds. The van der Waals surface area contributed by atoms with Crippen molar-refractivity contribution < 1.29 is 23.8 Å². The number of carbonyl (C=O) groups excluding carboxylic acids is 2. The van der Waals surface area contributed by atoms with Gasteiger partial charge in [-0.05, 0) is 64.3 Å². The maximum absolute atomic E-state index is 12.4. The first-order valence-corrected chi connectivity index (χ1v) is 12.4. The Morgan fingerprint density at radius 2 is 1.70 bits per heavy atom. The Labute approximate surface area is 217 Å². The average molecular weight is 509 g/mol. The Bertz CT molecular complexity index is 1280. The molecule has 0 atom stereocenters. The van der Waals surface area contributed by atoms with Crippen molar-refractivity contribution in [1.29, 1.82) is 0 Å². The Morgan fingerprint density at radius 3 is 2.30 bits per heavy atom. The van der Waals surface area contributed by atoms with Gasteiger partial charge >= 0.3 is 6.09 Å². The molecule has 37 heavy (non-hydrogen) atoms. The van der Waals surface area contributed by atoms with Crippen LogP contribution < -0.4 is 25.8 Å². The lowest BCUT2D eigenvalue weighted by Gasteiger charge is -2.21. The van der Waals surface area contributed by atoms with Crippen LogP contribution in [0.25, 0.3) is 10.9 Å². The van der Waals surface area contributed by atoms with Gasteiger partial charge in [0.15, 0.2) is 11.5 Å². The number of ether oxygens (including phenoxy) is 3. The number of hydrogen-bond acceptors (Lipinski definition) is 7. The van der Waals surface area contributed by atoms with E-state index in [1.807, 2.05) is 65.8 Å². The maximum Gasteiger partial charge on any atom is 0.407 e. The van der Waals surface area contributed by atoms with Crippen LogP contribution in [0.2, 0.25) is 0 Å².